The molecule has 0 N–H and O–H groups in total. The monoisotopic (exact) mass is 726 g/mol. The molecule has 0 saturated carbocycles. The number of hydrogen-bond donors (Lipinski definition) is 0. The molecule has 11 aromatic rings. The van der Waals surface area contributed by atoms with Gasteiger partial charge in [0, 0.05) is 38.2 Å². The van der Waals surface area contributed by atoms with Crippen LogP contribution in [0.1, 0.15) is 0 Å². The van der Waals surface area contributed by atoms with Gasteiger partial charge in [-0.3, -0.25) is 0 Å². The van der Waals surface area contributed by atoms with Crippen LogP contribution in [0.25, 0.3) is 105 Å². The van der Waals surface area contributed by atoms with Gasteiger partial charge in [-0.05, 0) is 64.0 Å². The van der Waals surface area contributed by atoms with Crippen LogP contribution in [0, 0.1) is 0 Å². The van der Waals surface area contributed by atoms with Gasteiger partial charge in [0.2, 0.25) is 0 Å². The van der Waals surface area contributed by atoms with E-state index in [1.807, 2.05) is 24.3 Å². The molecule has 0 fully saturated rings. The van der Waals surface area contributed by atoms with Crippen LogP contribution >= 0.6 is 0 Å². The van der Waals surface area contributed by atoms with E-state index in [4.69, 9.17) is 15.1 Å². The second kappa shape index (κ2) is 13.6. The maximum Gasteiger partial charge on any atom is 0.101 e. The number of para-hydroxylation sites is 1. The third-order valence-electron chi connectivity index (χ3n) is 11.0. The van der Waals surface area contributed by atoms with Gasteiger partial charge in [0.25, 0.3) is 0 Å². The van der Waals surface area contributed by atoms with Crippen LogP contribution in [0.15, 0.2) is 206 Å². The maximum atomic E-state index is 5.35. The molecule has 0 aliphatic rings. The summed E-state index contributed by atoms with van der Waals surface area (Å²) in [5.41, 5.74) is 14.6. The zero-order chi connectivity index (χ0) is 37.7. The van der Waals surface area contributed by atoms with E-state index in [1.165, 1.54) is 10.8 Å². The van der Waals surface area contributed by atoms with Crippen LogP contribution < -0.4 is 0 Å². The third kappa shape index (κ3) is 5.74. The molecule has 4 heteroatoms. The van der Waals surface area contributed by atoms with E-state index in [0.717, 1.165) is 94.4 Å². The zero-order valence-corrected chi connectivity index (χ0v) is 30.9. The van der Waals surface area contributed by atoms with Crippen molar-refractivity contribution in [2.75, 3.05) is 0 Å². The molecule has 0 spiro atoms. The predicted octanol–water partition coefficient (Wildman–Crippen LogP) is 13.6. The van der Waals surface area contributed by atoms with Crippen LogP contribution in [-0.2, 0) is 0 Å². The van der Waals surface area contributed by atoms with Gasteiger partial charge in [-0.25, -0.2) is 14.6 Å². The quantitative estimate of drug-likeness (QED) is 0.160. The smallest absolute Gasteiger partial charge is 0.101 e. The normalized spacial score (nSPS) is 11.5. The molecule has 0 aliphatic carbocycles. The minimum absolute atomic E-state index is 0.909. The van der Waals surface area contributed by atoms with Crippen LogP contribution in [0.5, 0.6) is 0 Å². The fraction of sp³-hybridized carbons (Fsp3) is 0. The maximum absolute atomic E-state index is 5.35. The minimum atomic E-state index is 0.909. The molecule has 266 valence electrons. The molecular formula is C53H34N4. The Bertz CT molecular complexity index is 3260. The Kier molecular flexibility index (Phi) is 7.78. The number of hydrogen-bond acceptors (Lipinski definition) is 3. The molecule has 0 aliphatic heterocycles. The number of rotatable bonds is 6. The van der Waals surface area contributed by atoms with E-state index in [-0.39, 0.29) is 0 Å². The average Bonchev–Trinajstić information content (AvgIpc) is 3.71. The summed E-state index contributed by atoms with van der Waals surface area (Å²) in [5.74, 6) is 0. The Hall–Kier alpha value is -7.69. The van der Waals surface area contributed by atoms with Gasteiger partial charge >= 0.3 is 0 Å². The summed E-state index contributed by atoms with van der Waals surface area (Å²) in [7, 11) is 0. The highest BCUT2D eigenvalue weighted by atomic mass is 15.3. The summed E-state index contributed by atoms with van der Waals surface area (Å²) in [6.07, 6.45) is 0. The molecule has 0 unspecified atom stereocenters. The van der Waals surface area contributed by atoms with Crippen LogP contribution in [0.2, 0.25) is 0 Å². The van der Waals surface area contributed by atoms with Gasteiger partial charge in [0.1, 0.15) is 5.69 Å². The van der Waals surface area contributed by atoms with E-state index in [2.05, 4.69) is 187 Å². The predicted molar refractivity (Wildman–Crippen MR) is 236 cm³/mol. The summed E-state index contributed by atoms with van der Waals surface area (Å²) in [4.78, 5) is 10.3. The summed E-state index contributed by atoms with van der Waals surface area (Å²) in [5, 5.41) is 11.0. The molecule has 11 rings (SSSR count). The lowest BCUT2D eigenvalue weighted by Gasteiger charge is -2.12. The summed E-state index contributed by atoms with van der Waals surface area (Å²) in [6.45, 7) is 0. The standard InChI is InChI=1S/C53H34N4/c1-4-13-36(14-5-1)47-31-29-39-27-28-40-30-32-48(55-52(40)51(39)54-47)37-25-23-35(24-26-37)41-18-12-19-42(33-41)46-34-43-17-10-11-22-45(43)53-49(46)50(38-15-6-2-7-16-38)56-57(53)44-20-8-3-9-21-44/h1-34H. The van der Waals surface area contributed by atoms with E-state index < -0.39 is 0 Å². The molecule has 0 atom stereocenters. The minimum Gasteiger partial charge on any atom is -0.245 e. The Morgan fingerprint density at radius 1 is 0.351 bits per heavy atom. The first-order valence-corrected chi connectivity index (χ1v) is 19.3. The summed E-state index contributed by atoms with van der Waals surface area (Å²) in [6, 6.07) is 72.7. The average molecular weight is 727 g/mol. The highest BCUT2D eigenvalue weighted by Crippen LogP contribution is 2.42. The zero-order valence-electron chi connectivity index (χ0n) is 30.9. The van der Waals surface area contributed by atoms with Gasteiger partial charge in [0.05, 0.1) is 33.6 Å². The van der Waals surface area contributed by atoms with Gasteiger partial charge in [-0.2, -0.15) is 5.10 Å². The molecular weight excluding hydrogens is 693 g/mol. The van der Waals surface area contributed by atoms with Gasteiger partial charge in [-0.1, -0.05) is 170 Å². The molecule has 0 radical (unpaired) electrons. The second-order valence-electron chi connectivity index (χ2n) is 14.5. The van der Waals surface area contributed by atoms with Crippen LogP contribution in [0.3, 0.4) is 0 Å². The molecule has 57 heavy (non-hydrogen) atoms. The van der Waals surface area contributed by atoms with E-state index >= 15 is 0 Å². The van der Waals surface area contributed by atoms with Gasteiger partial charge in [-0.15, -0.1) is 0 Å². The van der Waals surface area contributed by atoms with Crippen molar-refractivity contribution >= 4 is 43.5 Å². The number of nitrogens with zero attached hydrogens (tertiary/aromatic N) is 4. The molecule has 0 amide bonds. The first kappa shape index (κ1) is 32.7. The van der Waals surface area contributed by atoms with Crippen molar-refractivity contribution in [3.63, 3.8) is 0 Å². The first-order chi connectivity index (χ1) is 28.2. The van der Waals surface area contributed by atoms with E-state index in [1.54, 1.807) is 0 Å². The Balaban J connectivity index is 1.01. The molecule has 3 heterocycles. The second-order valence-corrected chi connectivity index (χ2v) is 14.5. The Morgan fingerprint density at radius 2 is 0.877 bits per heavy atom. The lowest BCUT2D eigenvalue weighted by molar-refractivity contribution is 0.918. The third-order valence-corrected chi connectivity index (χ3v) is 11.0. The SMILES string of the molecule is c1ccc(-c2ccc3ccc4ccc(-c5ccc(-c6cccc(-c7cc8ccccc8c8c7c(-c7ccccc7)nn8-c7ccccc7)c6)cc5)nc4c3n2)cc1. The van der Waals surface area contributed by atoms with Crippen molar-refractivity contribution in [1.29, 1.82) is 0 Å². The molecule has 0 bridgehead atoms. The first-order valence-electron chi connectivity index (χ1n) is 19.3. The van der Waals surface area contributed by atoms with Gasteiger partial charge in [0.15, 0.2) is 0 Å². The highest BCUT2D eigenvalue weighted by Gasteiger charge is 2.21. The molecule has 4 nitrogen and oxygen atoms in total. The fourth-order valence-corrected chi connectivity index (χ4v) is 8.17. The molecule has 0 saturated heterocycles. The fourth-order valence-electron chi connectivity index (χ4n) is 8.17. The summed E-state index contributed by atoms with van der Waals surface area (Å²) >= 11 is 0. The highest BCUT2D eigenvalue weighted by molar-refractivity contribution is 6.17. The van der Waals surface area contributed by atoms with E-state index in [9.17, 15) is 0 Å². The number of fused-ring (bicyclic) bond motifs is 6. The van der Waals surface area contributed by atoms with Crippen molar-refractivity contribution < 1.29 is 0 Å². The van der Waals surface area contributed by atoms with Crippen molar-refractivity contribution in [3.05, 3.63) is 206 Å². The lowest BCUT2D eigenvalue weighted by atomic mass is 9.92. The largest absolute Gasteiger partial charge is 0.245 e. The van der Waals surface area contributed by atoms with Crippen molar-refractivity contribution in [2.45, 2.75) is 0 Å². The Morgan fingerprint density at radius 3 is 1.56 bits per heavy atom. The number of pyridine rings is 2. The molecule has 3 aromatic heterocycles. The van der Waals surface area contributed by atoms with Crippen molar-refractivity contribution in [3.8, 4) is 61.7 Å². The van der Waals surface area contributed by atoms with Crippen LogP contribution in [-0.4, -0.2) is 19.7 Å². The van der Waals surface area contributed by atoms with Crippen molar-refractivity contribution in [1.82, 2.24) is 19.7 Å². The molecule has 8 aromatic carbocycles. The number of aromatic nitrogens is 4. The summed E-state index contributed by atoms with van der Waals surface area (Å²) < 4.78 is 2.12. The van der Waals surface area contributed by atoms with E-state index in [0.29, 0.717) is 0 Å². The van der Waals surface area contributed by atoms with Gasteiger partial charge < -0.3 is 0 Å². The lowest BCUT2D eigenvalue weighted by Crippen LogP contribution is -1.96. The topological polar surface area (TPSA) is 43.6 Å². The van der Waals surface area contributed by atoms with Crippen LogP contribution in [0.4, 0.5) is 0 Å². The number of benzene rings is 8. The van der Waals surface area contributed by atoms with Crippen molar-refractivity contribution in [2.24, 2.45) is 0 Å². The Labute approximate surface area is 330 Å².